The summed E-state index contributed by atoms with van der Waals surface area (Å²) in [7, 11) is 0. The number of fused-ring (bicyclic) bond motifs is 1. The van der Waals surface area contributed by atoms with Crippen molar-refractivity contribution in [3.05, 3.63) is 76.5 Å². The van der Waals surface area contributed by atoms with Crippen LogP contribution in [0.15, 0.2) is 60.1 Å². The maximum Gasteiger partial charge on any atom is 0.174 e. The summed E-state index contributed by atoms with van der Waals surface area (Å²) in [6.45, 7) is 1.73. The van der Waals surface area contributed by atoms with Gasteiger partial charge in [0.2, 0.25) is 0 Å². The SMILES string of the molecule is Fc1ccc(NC(=S)N2CCn3cccc3[C@@H]2c2cccs2)cc1. The lowest BCUT2D eigenvalue weighted by Crippen LogP contribution is -2.44. The summed E-state index contributed by atoms with van der Waals surface area (Å²) >= 11 is 7.39. The Bertz CT molecular complexity index is 840. The van der Waals surface area contributed by atoms with Crippen LogP contribution in [0.5, 0.6) is 0 Å². The fourth-order valence-corrected chi connectivity index (χ4v) is 4.24. The molecule has 0 spiro atoms. The summed E-state index contributed by atoms with van der Waals surface area (Å²) in [5, 5.41) is 5.99. The minimum absolute atomic E-state index is 0.106. The van der Waals surface area contributed by atoms with Gasteiger partial charge in [0.05, 0.1) is 0 Å². The van der Waals surface area contributed by atoms with Crippen molar-refractivity contribution in [3.8, 4) is 0 Å². The van der Waals surface area contributed by atoms with E-state index in [0.29, 0.717) is 5.11 Å². The molecule has 3 heterocycles. The number of anilines is 1. The minimum Gasteiger partial charge on any atom is -0.347 e. The second-order valence-electron chi connectivity index (χ2n) is 5.67. The number of halogens is 1. The molecule has 1 N–H and O–H groups in total. The number of thiocarbonyl (C=S) groups is 1. The Morgan fingerprint density at radius 2 is 1.96 bits per heavy atom. The summed E-state index contributed by atoms with van der Waals surface area (Å²) in [5.41, 5.74) is 2.04. The van der Waals surface area contributed by atoms with Crippen LogP contribution >= 0.6 is 23.6 Å². The van der Waals surface area contributed by atoms with Gasteiger partial charge in [-0.05, 0) is 60.1 Å². The number of nitrogens with zero attached hydrogens (tertiary/aromatic N) is 2. The van der Waals surface area contributed by atoms with E-state index in [0.717, 1.165) is 18.8 Å². The van der Waals surface area contributed by atoms with Gasteiger partial charge in [0.15, 0.2) is 5.11 Å². The first-order valence-electron chi connectivity index (χ1n) is 7.74. The molecule has 3 aromatic rings. The molecule has 122 valence electrons. The highest BCUT2D eigenvalue weighted by atomic mass is 32.1. The summed E-state index contributed by atoms with van der Waals surface area (Å²) in [4.78, 5) is 3.47. The molecule has 24 heavy (non-hydrogen) atoms. The van der Waals surface area contributed by atoms with Gasteiger partial charge in [-0.2, -0.15) is 0 Å². The van der Waals surface area contributed by atoms with Gasteiger partial charge in [-0.25, -0.2) is 4.39 Å². The van der Waals surface area contributed by atoms with Gasteiger partial charge < -0.3 is 14.8 Å². The van der Waals surface area contributed by atoms with E-state index in [1.54, 1.807) is 23.5 Å². The van der Waals surface area contributed by atoms with Crippen molar-refractivity contribution >= 4 is 34.4 Å². The van der Waals surface area contributed by atoms with E-state index in [-0.39, 0.29) is 11.9 Å². The summed E-state index contributed by atoms with van der Waals surface area (Å²) in [6.07, 6.45) is 2.11. The summed E-state index contributed by atoms with van der Waals surface area (Å²) < 4.78 is 15.4. The first kappa shape index (κ1) is 15.4. The highest BCUT2D eigenvalue weighted by Gasteiger charge is 2.31. The van der Waals surface area contributed by atoms with Crippen LogP contribution in [0.1, 0.15) is 16.6 Å². The van der Waals surface area contributed by atoms with Crippen LogP contribution in [0.4, 0.5) is 10.1 Å². The van der Waals surface area contributed by atoms with Gasteiger partial charge in [0.1, 0.15) is 11.9 Å². The number of hydrogen-bond donors (Lipinski definition) is 1. The molecule has 0 aliphatic carbocycles. The van der Waals surface area contributed by atoms with Gasteiger partial charge in [-0.15, -0.1) is 11.3 Å². The molecular weight excluding hydrogens is 341 g/mol. The molecular formula is C18H16FN3S2. The molecule has 1 atom stereocenters. The van der Waals surface area contributed by atoms with E-state index in [4.69, 9.17) is 12.2 Å². The molecule has 4 rings (SSSR count). The van der Waals surface area contributed by atoms with Crippen LogP contribution in [0.3, 0.4) is 0 Å². The molecule has 0 unspecified atom stereocenters. The Kier molecular flexibility index (Phi) is 4.08. The van der Waals surface area contributed by atoms with E-state index in [9.17, 15) is 4.39 Å². The number of benzene rings is 1. The van der Waals surface area contributed by atoms with Crippen molar-refractivity contribution in [2.75, 3.05) is 11.9 Å². The van der Waals surface area contributed by atoms with Gasteiger partial charge in [-0.3, -0.25) is 0 Å². The summed E-state index contributed by atoms with van der Waals surface area (Å²) in [6, 6.07) is 14.8. The third-order valence-corrected chi connectivity index (χ3v) is 5.47. The maximum atomic E-state index is 13.1. The normalized spacial score (nSPS) is 16.7. The molecule has 6 heteroatoms. The molecule has 0 bridgehead atoms. The van der Waals surface area contributed by atoms with Crippen LogP contribution < -0.4 is 5.32 Å². The highest BCUT2D eigenvalue weighted by Crippen LogP contribution is 2.35. The molecule has 1 aromatic carbocycles. The van der Waals surface area contributed by atoms with E-state index >= 15 is 0 Å². The van der Waals surface area contributed by atoms with Crippen LogP contribution in [0, 0.1) is 5.82 Å². The third kappa shape index (κ3) is 2.83. The lowest BCUT2D eigenvalue weighted by molar-refractivity contribution is 0.297. The van der Waals surface area contributed by atoms with Gasteiger partial charge in [0, 0.05) is 35.5 Å². The minimum atomic E-state index is -0.251. The maximum absolute atomic E-state index is 13.1. The Hall–Kier alpha value is -2.18. The van der Waals surface area contributed by atoms with Crippen molar-refractivity contribution in [2.45, 2.75) is 12.6 Å². The monoisotopic (exact) mass is 357 g/mol. The standard InChI is InChI=1S/C18H16FN3S2/c19-13-5-7-14(8-6-13)20-18(23)22-11-10-21-9-1-3-15(21)17(22)16-4-2-12-24-16/h1-9,12,17H,10-11H2,(H,20,23)/t17-/m1/s1. The lowest BCUT2D eigenvalue weighted by atomic mass is 10.1. The first-order valence-corrected chi connectivity index (χ1v) is 9.03. The number of nitrogens with one attached hydrogen (secondary N) is 1. The van der Waals surface area contributed by atoms with Crippen molar-refractivity contribution in [3.63, 3.8) is 0 Å². The quantitative estimate of drug-likeness (QED) is 0.683. The molecule has 0 saturated heterocycles. The number of aromatic nitrogens is 1. The van der Waals surface area contributed by atoms with Crippen molar-refractivity contribution in [1.29, 1.82) is 0 Å². The molecule has 0 amide bonds. The van der Waals surface area contributed by atoms with Gasteiger partial charge in [0.25, 0.3) is 0 Å². The predicted molar refractivity (Wildman–Crippen MR) is 99.9 cm³/mol. The Balaban J connectivity index is 1.63. The fraction of sp³-hybridized carbons (Fsp3) is 0.167. The number of hydrogen-bond acceptors (Lipinski definition) is 2. The van der Waals surface area contributed by atoms with Crippen LogP contribution in [-0.2, 0) is 6.54 Å². The first-order chi connectivity index (χ1) is 11.7. The zero-order chi connectivity index (χ0) is 16.5. The van der Waals surface area contributed by atoms with E-state index < -0.39 is 0 Å². The van der Waals surface area contributed by atoms with E-state index in [2.05, 4.69) is 50.6 Å². The zero-order valence-corrected chi connectivity index (χ0v) is 14.5. The van der Waals surface area contributed by atoms with E-state index in [1.165, 1.54) is 22.7 Å². The molecule has 0 fully saturated rings. The van der Waals surface area contributed by atoms with E-state index in [1.807, 2.05) is 0 Å². The van der Waals surface area contributed by atoms with Crippen LogP contribution in [0.25, 0.3) is 0 Å². The van der Waals surface area contributed by atoms with Crippen LogP contribution in [0.2, 0.25) is 0 Å². The topological polar surface area (TPSA) is 20.2 Å². The number of thiophene rings is 1. The predicted octanol–water partition coefficient (Wildman–Crippen LogP) is 4.49. The molecule has 1 aliphatic heterocycles. The second kappa shape index (κ2) is 6.37. The summed E-state index contributed by atoms with van der Waals surface area (Å²) in [5.74, 6) is -0.251. The Labute approximate surface area is 149 Å². The van der Waals surface area contributed by atoms with Crippen molar-refractivity contribution in [1.82, 2.24) is 9.47 Å². The average molecular weight is 357 g/mol. The smallest absolute Gasteiger partial charge is 0.174 e. The third-order valence-electron chi connectivity index (χ3n) is 4.21. The Morgan fingerprint density at radius 1 is 1.12 bits per heavy atom. The van der Waals surface area contributed by atoms with Crippen molar-refractivity contribution < 1.29 is 4.39 Å². The molecule has 0 saturated carbocycles. The van der Waals surface area contributed by atoms with Gasteiger partial charge >= 0.3 is 0 Å². The largest absolute Gasteiger partial charge is 0.347 e. The zero-order valence-electron chi connectivity index (χ0n) is 12.9. The lowest BCUT2D eigenvalue weighted by Gasteiger charge is -2.38. The molecule has 1 aliphatic rings. The average Bonchev–Trinajstić information content (AvgIpc) is 3.27. The van der Waals surface area contributed by atoms with Crippen molar-refractivity contribution in [2.24, 2.45) is 0 Å². The van der Waals surface area contributed by atoms with Gasteiger partial charge in [-0.1, -0.05) is 6.07 Å². The number of rotatable bonds is 2. The molecule has 2 aromatic heterocycles. The molecule has 0 radical (unpaired) electrons. The second-order valence-corrected chi connectivity index (χ2v) is 7.04. The molecule has 3 nitrogen and oxygen atoms in total. The highest BCUT2D eigenvalue weighted by molar-refractivity contribution is 7.80. The fourth-order valence-electron chi connectivity index (χ4n) is 3.08. The van der Waals surface area contributed by atoms with Crippen LogP contribution in [-0.4, -0.2) is 21.1 Å². The Morgan fingerprint density at radius 3 is 2.71 bits per heavy atom.